The number of pyridine rings is 1. The fourth-order valence-corrected chi connectivity index (χ4v) is 1.72. The van der Waals surface area contributed by atoms with Crippen LogP contribution in [-0.4, -0.2) is 15.0 Å². The van der Waals surface area contributed by atoms with Gasteiger partial charge in [-0.15, -0.1) is 0 Å². The van der Waals surface area contributed by atoms with Crippen LogP contribution in [0.1, 0.15) is 5.56 Å². The van der Waals surface area contributed by atoms with Gasteiger partial charge in [0.05, 0.1) is 0 Å². The number of nitrogens with one attached hydrogen (secondary N) is 1. The van der Waals surface area contributed by atoms with Crippen molar-refractivity contribution in [2.75, 3.05) is 11.5 Å². The summed E-state index contributed by atoms with van der Waals surface area (Å²) in [7, 11) is 0. The Morgan fingerprint density at radius 2 is 2.13 bits per heavy atom. The Bertz CT molecular complexity index is 579. The molecule has 0 atom stereocenters. The van der Waals surface area contributed by atoms with Gasteiger partial charge in [0.2, 0.25) is 5.95 Å². The molecule has 78 valence electrons. The second kappa shape index (κ2) is 3.50. The largest absolute Gasteiger partial charge is 0.383 e. The average Bonchev–Trinajstić information content (AvgIpc) is 2.17. The predicted octanol–water partition coefficient (Wildman–Crippen LogP) is 0.377. The molecule has 2 rings (SSSR count). The van der Waals surface area contributed by atoms with E-state index in [1.165, 1.54) is 0 Å². The molecule has 0 aliphatic rings. The van der Waals surface area contributed by atoms with Gasteiger partial charge in [0.25, 0.3) is 0 Å². The molecule has 0 saturated carbocycles. The van der Waals surface area contributed by atoms with Crippen LogP contribution < -0.4 is 16.9 Å². The van der Waals surface area contributed by atoms with E-state index in [0.29, 0.717) is 16.5 Å². The van der Waals surface area contributed by atoms with E-state index in [4.69, 9.17) is 11.5 Å². The molecule has 0 amide bonds. The van der Waals surface area contributed by atoms with Gasteiger partial charge >= 0.3 is 0 Å². The Hall–Kier alpha value is -1.63. The maximum absolute atomic E-state index is 11.8. The number of hydrogen-bond acceptors (Lipinski definition) is 5. The molecule has 5 N–H and O–H groups in total. The molecule has 0 unspecified atom stereocenters. The van der Waals surface area contributed by atoms with Crippen LogP contribution in [0.2, 0.25) is 0 Å². The Morgan fingerprint density at radius 3 is 2.80 bits per heavy atom. The fraction of sp³-hybridized carbons (Fsp3) is 0.125. The summed E-state index contributed by atoms with van der Waals surface area (Å²) < 4.78 is 0. The number of fused-ring (bicyclic) bond motifs is 1. The van der Waals surface area contributed by atoms with E-state index in [1.807, 2.05) is 0 Å². The highest BCUT2D eigenvalue weighted by atomic mass is 79.9. The number of rotatable bonds is 1. The van der Waals surface area contributed by atoms with Crippen molar-refractivity contribution >= 4 is 38.7 Å². The zero-order chi connectivity index (χ0) is 11.0. The van der Waals surface area contributed by atoms with Crippen molar-refractivity contribution in [3.8, 4) is 0 Å². The molecule has 15 heavy (non-hydrogen) atoms. The summed E-state index contributed by atoms with van der Waals surface area (Å²) in [4.78, 5) is 22.3. The van der Waals surface area contributed by atoms with Crippen LogP contribution in [0.3, 0.4) is 0 Å². The third kappa shape index (κ3) is 1.54. The van der Waals surface area contributed by atoms with Crippen LogP contribution in [0.15, 0.2) is 11.0 Å². The van der Waals surface area contributed by atoms with E-state index in [2.05, 4.69) is 30.9 Å². The van der Waals surface area contributed by atoms with Crippen LogP contribution in [0.4, 0.5) is 11.8 Å². The highest BCUT2D eigenvalue weighted by molar-refractivity contribution is 9.08. The van der Waals surface area contributed by atoms with E-state index in [1.54, 1.807) is 6.20 Å². The molecular formula is C8H8BrN5O. The Morgan fingerprint density at radius 1 is 1.40 bits per heavy atom. The van der Waals surface area contributed by atoms with Crippen LogP contribution in [0, 0.1) is 0 Å². The lowest BCUT2D eigenvalue weighted by molar-refractivity contribution is 1.18. The van der Waals surface area contributed by atoms with Crippen LogP contribution >= 0.6 is 15.9 Å². The zero-order valence-electron chi connectivity index (χ0n) is 7.62. The lowest BCUT2D eigenvalue weighted by Crippen LogP contribution is -2.13. The summed E-state index contributed by atoms with van der Waals surface area (Å²) in [5.41, 5.74) is 11.8. The maximum atomic E-state index is 11.8. The molecule has 0 saturated heterocycles. The minimum atomic E-state index is -0.182. The van der Waals surface area contributed by atoms with Gasteiger partial charge in [0, 0.05) is 17.1 Å². The van der Waals surface area contributed by atoms with Crippen molar-refractivity contribution in [2.24, 2.45) is 0 Å². The van der Waals surface area contributed by atoms with Gasteiger partial charge in [-0.2, -0.15) is 9.97 Å². The highest BCUT2D eigenvalue weighted by Gasteiger charge is 2.10. The maximum Gasteiger partial charge on any atom is 0.223 e. The quantitative estimate of drug-likeness (QED) is 0.648. The summed E-state index contributed by atoms with van der Waals surface area (Å²) >= 11 is 3.21. The van der Waals surface area contributed by atoms with Gasteiger partial charge < -0.3 is 16.5 Å². The Kier molecular flexibility index (Phi) is 2.31. The topological polar surface area (TPSA) is 111 Å². The van der Waals surface area contributed by atoms with Gasteiger partial charge in [0.15, 0.2) is 5.43 Å². The summed E-state index contributed by atoms with van der Waals surface area (Å²) in [6.07, 6.45) is 1.57. The number of halogens is 1. The predicted molar refractivity (Wildman–Crippen MR) is 61.6 cm³/mol. The highest BCUT2D eigenvalue weighted by Crippen LogP contribution is 2.13. The lowest BCUT2D eigenvalue weighted by Gasteiger charge is -2.02. The van der Waals surface area contributed by atoms with Gasteiger partial charge in [-0.3, -0.25) is 4.79 Å². The van der Waals surface area contributed by atoms with Crippen LogP contribution in [0.5, 0.6) is 0 Å². The fourth-order valence-electron chi connectivity index (χ4n) is 1.31. The van der Waals surface area contributed by atoms with Crippen LogP contribution in [0.25, 0.3) is 11.0 Å². The number of aromatic amines is 1. The number of nitrogen functional groups attached to an aromatic ring is 2. The summed E-state index contributed by atoms with van der Waals surface area (Å²) in [5.74, 6) is 0.142. The van der Waals surface area contributed by atoms with E-state index in [0.717, 1.165) is 0 Å². The monoisotopic (exact) mass is 269 g/mol. The van der Waals surface area contributed by atoms with E-state index >= 15 is 0 Å². The van der Waals surface area contributed by atoms with Crippen molar-refractivity contribution < 1.29 is 0 Å². The molecule has 0 aliphatic heterocycles. The molecule has 0 bridgehead atoms. The first-order valence-electron chi connectivity index (χ1n) is 4.12. The van der Waals surface area contributed by atoms with E-state index < -0.39 is 0 Å². The van der Waals surface area contributed by atoms with Crippen molar-refractivity contribution in [1.29, 1.82) is 0 Å². The lowest BCUT2D eigenvalue weighted by atomic mass is 10.2. The number of anilines is 2. The molecule has 0 fully saturated rings. The van der Waals surface area contributed by atoms with Gasteiger partial charge in [0.1, 0.15) is 16.9 Å². The second-order valence-corrected chi connectivity index (χ2v) is 3.53. The molecule has 2 heterocycles. The van der Waals surface area contributed by atoms with Crippen LogP contribution in [-0.2, 0) is 5.33 Å². The van der Waals surface area contributed by atoms with E-state index in [9.17, 15) is 4.79 Å². The minimum absolute atomic E-state index is 0.0437. The first kappa shape index (κ1) is 9.91. The summed E-state index contributed by atoms with van der Waals surface area (Å²) in [5, 5.41) is 0.725. The van der Waals surface area contributed by atoms with Crippen molar-refractivity contribution in [2.45, 2.75) is 5.33 Å². The number of nitrogens with two attached hydrogens (primary N) is 2. The molecule has 0 aliphatic carbocycles. The second-order valence-electron chi connectivity index (χ2n) is 2.97. The minimum Gasteiger partial charge on any atom is -0.383 e. The third-order valence-electron chi connectivity index (χ3n) is 2.00. The first-order chi connectivity index (χ1) is 7.13. The third-order valence-corrected chi connectivity index (χ3v) is 2.60. The Balaban J connectivity index is 2.93. The normalized spacial score (nSPS) is 10.7. The smallest absolute Gasteiger partial charge is 0.223 e. The average molecular weight is 270 g/mol. The molecular weight excluding hydrogens is 262 g/mol. The summed E-state index contributed by atoms with van der Waals surface area (Å²) in [6.45, 7) is 0. The standard InChI is InChI=1S/C8H8BrN5O/c9-1-3-2-12-7-4(5(3)15)6(10)13-8(11)14-7/h2H,1H2,(H5,10,11,12,13,14,15). The molecule has 2 aromatic rings. The molecule has 7 heteroatoms. The number of H-pyrrole nitrogens is 1. The SMILES string of the molecule is Nc1nc(N)c2c(=O)c(CBr)c[nH]c2n1. The zero-order valence-corrected chi connectivity index (χ0v) is 9.21. The first-order valence-corrected chi connectivity index (χ1v) is 5.25. The molecule has 0 aromatic carbocycles. The number of hydrogen-bond donors (Lipinski definition) is 3. The molecule has 6 nitrogen and oxygen atoms in total. The van der Waals surface area contributed by atoms with Gasteiger partial charge in [-0.25, -0.2) is 0 Å². The summed E-state index contributed by atoms with van der Waals surface area (Å²) in [6, 6.07) is 0. The molecule has 0 spiro atoms. The number of alkyl halides is 1. The van der Waals surface area contributed by atoms with Crippen molar-refractivity contribution in [3.63, 3.8) is 0 Å². The van der Waals surface area contributed by atoms with Crippen molar-refractivity contribution in [3.05, 3.63) is 22.0 Å². The van der Waals surface area contributed by atoms with E-state index in [-0.39, 0.29) is 22.6 Å². The Labute approximate surface area is 92.8 Å². The molecule has 0 radical (unpaired) electrons. The molecule has 2 aromatic heterocycles. The van der Waals surface area contributed by atoms with Gasteiger partial charge in [-0.05, 0) is 0 Å². The van der Waals surface area contributed by atoms with Crippen molar-refractivity contribution in [1.82, 2.24) is 15.0 Å². The van der Waals surface area contributed by atoms with Gasteiger partial charge in [-0.1, -0.05) is 15.9 Å². The number of aromatic nitrogens is 3. The number of nitrogens with zero attached hydrogens (tertiary/aromatic N) is 2.